The van der Waals surface area contributed by atoms with Crippen LogP contribution in [0.3, 0.4) is 0 Å². The van der Waals surface area contributed by atoms with Gasteiger partial charge in [-0.05, 0) is 24.3 Å². The van der Waals surface area contributed by atoms with Crippen LogP contribution >= 0.6 is 0 Å². The van der Waals surface area contributed by atoms with Crippen LogP contribution in [0.2, 0.25) is 0 Å². The second-order valence-electron chi connectivity index (χ2n) is 4.92. The highest BCUT2D eigenvalue weighted by molar-refractivity contribution is 6.06. The second-order valence-corrected chi connectivity index (χ2v) is 4.92. The molecule has 0 saturated carbocycles. The number of benzene rings is 2. The summed E-state index contributed by atoms with van der Waals surface area (Å²) in [7, 11) is 0. The molecule has 0 aliphatic heterocycles. The highest BCUT2D eigenvalue weighted by atomic mass is 16.5. The second kappa shape index (κ2) is 6.41. The van der Waals surface area contributed by atoms with Crippen molar-refractivity contribution in [2.45, 2.75) is 0 Å². The van der Waals surface area contributed by atoms with Crippen molar-refractivity contribution >= 4 is 28.3 Å². The summed E-state index contributed by atoms with van der Waals surface area (Å²) >= 11 is 0. The smallest absolute Gasteiger partial charge is 0.291 e. The number of hydrogen-bond donors (Lipinski definition) is 3. The van der Waals surface area contributed by atoms with Crippen LogP contribution in [0.5, 0.6) is 5.75 Å². The number of anilines is 2. The lowest BCUT2D eigenvalue weighted by Crippen LogP contribution is -2.12. The summed E-state index contributed by atoms with van der Waals surface area (Å²) in [5.74, 6) is 0.313. The summed E-state index contributed by atoms with van der Waals surface area (Å²) in [6, 6.07) is 13.9. The number of furan rings is 1. The van der Waals surface area contributed by atoms with Gasteiger partial charge in [-0.15, -0.1) is 0 Å². The molecule has 4 N–H and O–H groups in total. The van der Waals surface area contributed by atoms with E-state index in [1.165, 1.54) is 0 Å². The fourth-order valence-corrected chi connectivity index (χ4v) is 2.17. The van der Waals surface area contributed by atoms with Gasteiger partial charge in [0, 0.05) is 11.5 Å². The third kappa shape index (κ3) is 3.27. The maximum absolute atomic E-state index is 12.3. The molecule has 0 radical (unpaired) electrons. The van der Waals surface area contributed by atoms with E-state index in [1.54, 1.807) is 30.3 Å². The van der Waals surface area contributed by atoms with Crippen molar-refractivity contribution in [3.8, 4) is 5.75 Å². The highest BCUT2D eigenvalue weighted by Crippen LogP contribution is 2.26. The minimum atomic E-state index is -0.396. The molecule has 0 fully saturated rings. The number of amides is 1. The van der Waals surface area contributed by atoms with E-state index in [-0.39, 0.29) is 19.0 Å². The quantitative estimate of drug-likeness (QED) is 0.629. The topological polar surface area (TPSA) is 97.7 Å². The van der Waals surface area contributed by atoms with Crippen LogP contribution in [0, 0.1) is 0 Å². The van der Waals surface area contributed by atoms with E-state index in [0.29, 0.717) is 22.7 Å². The van der Waals surface area contributed by atoms with Crippen molar-refractivity contribution in [2.75, 3.05) is 24.3 Å². The van der Waals surface area contributed by atoms with Crippen molar-refractivity contribution in [2.24, 2.45) is 0 Å². The average Bonchev–Trinajstić information content (AvgIpc) is 2.99. The third-order valence-corrected chi connectivity index (χ3v) is 3.28. The van der Waals surface area contributed by atoms with Crippen LogP contribution in [0.25, 0.3) is 11.0 Å². The van der Waals surface area contributed by atoms with Crippen LogP contribution in [0.1, 0.15) is 10.6 Å². The van der Waals surface area contributed by atoms with Crippen LogP contribution in [0.4, 0.5) is 11.4 Å². The molecule has 6 heteroatoms. The van der Waals surface area contributed by atoms with Crippen LogP contribution in [0.15, 0.2) is 52.9 Å². The maximum atomic E-state index is 12.3. The van der Waals surface area contributed by atoms with Gasteiger partial charge >= 0.3 is 0 Å². The Bertz CT molecular complexity index is 808. The molecule has 1 amide bonds. The van der Waals surface area contributed by atoms with E-state index >= 15 is 0 Å². The Kier molecular flexibility index (Phi) is 4.16. The molecule has 6 nitrogen and oxygen atoms in total. The minimum absolute atomic E-state index is 0.0922. The van der Waals surface area contributed by atoms with Crippen molar-refractivity contribution in [1.29, 1.82) is 0 Å². The van der Waals surface area contributed by atoms with E-state index < -0.39 is 5.91 Å². The summed E-state index contributed by atoms with van der Waals surface area (Å²) in [6.07, 6.45) is 0. The molecular formula is C17H16N2O4. The number of carbonyl (C=O) groups is 1. The number of aliphatic hydroxyl groups is 1. The molecule has 23 heavy (non-hydrogen) atoms. The molecule has 118 valence electrons. The molecule has 3 aromatic rings. The maximum Gasteiger partial charge on any atom is 0.291 e. The zero-order valence-electron chi connectivity index (χ0n) is 12.3. The Labute approximate surface area is 132 Å². The van der Waals surface area contributed by atoms with Crippen molar-refractivity contribution in [3.05, 3.63) is 54.3 Å². The molecule has 0 aliphatic rings. The Hall–Kier alpha value is -2.99. The molecular weight excluding hydrogens is 296 g/mol. The zero-order valence-corrected chi connectivity index (χ0v) is 12.3. The summed E-state index contributed by atoms with van der Waals surface area (Å²) in [5, 5.41) is 12.3. The first-order valence-corrected chi connectivity index (χ1v) is 7.10. The fourth-order valence-electron chi connectivity index (χ4n) is 2.17. The Morgan fingerprint density at radius 1 is 1.22 bits per heavy atom. The van der Waals surface area contributed by atoms with E-state index in [9.17, 15) is 4.79 Å². The number of aliphatic hydroxyl groups excluding tert-OH is 1. The van der Waals surface area contributed by atoms with E-state index in [1.807, 2.05) is 18.2 Å². The lowest BCUT2D eigenvalue weighted by molar-refractivity contribution is 0.0998. The largest absolute Gasteiger partial charge is 0.491 e. The number of carbonyl (C=O) groups excluding carboxylic acids is 1. The van der Waals surface area contributed by atoms with Gasteiger partial charge in [0.15, 0.2) is 5.76 Å². The van der Waals surface area contributed by atoms with Gasteiger partial charge in [-0.25, -0.2) is 0 Å². The number of nitrogen functional groups attached to an aromatic ring is 1. The third-order valence-electron chi connectivity index (χ3n) is 3.28. The molecule has 0 atom stereocenters. The monoisotopic (exact) mass is 312 g/mol. The lowest BCUT2D eigenvalue weighted by Gasteiger charge is -2.10. The van der Waals surface area contributed by atoms with Gasteiger partial charge in [0.1, 0.15) is 17.9 Å². The van der Waals surface area contributed by atoms with Crippen molar-refractivity contribution in [3.63, 3.8) is 0 Å². The molecule has 3 rings (SSSR count). The lowest BCUT2D eigenvalue weighted by atomic mass is 10.2. The first-order valence-electron chi connectivity index (χ1n) is 7.10. The molecule has 1 aromatic heterocycles. The van der Waals surface area contributed by atoms with Crippen LogP contribution in [-0.2, 0) is 0 Å². The fraction of sp³-hybridized carbons (Fsp3) is 0.118. The van der Waals surface area contributed by atoms with Crippen LogP contribution < -0.4 is 15.8 Å². The van der Waals surface area contributed by atoms with Gasteiger partial charge in [-0.2, -0.15) is 0 Å². The van der Waals surface area contributed by atoms with E-state index in [4.69, 9.17) is 20.0 Å². The zero-order chi connectivity index (χ0) is 16.2. The normalized spacial score (nSPS) is 10.7. The van der Waals surface area contributed by atoms with Crippen LogP contribution in [-0.4, -0.2) is 24.2 Å². The molecule has 0 bridgehead atoms. The minimum Gasteiger partial charge on any atom is -0.491 e. The number of fused-ring (bicyclic) bond motifs is 1. The van der Waals surface area contributed by atoms with Crippen molar-refractivity contribution in [1.82, 2.24) is 0 Å². The summed E-state index contributed by atoms with van der Waals surface area (Å²) in [4.78, 5) is 12.3. The Morgan fingerprint density at radius 2 is 2.04 bits per heavy atom. The van der Waals surface area contributed by atoms with Crippen molar-refractivity contribution < 1.29 is 19.1 Å². The van der Waals surface area contributed by atoms with Gasteiger partial charge in [-0.1, -0.05) is 18.2 Å². The predicted molar refractivity (Wildman–Crippen MR) is 87.6 cm³/mol. The summed E-state index contributed by atoms with van der Waals surface area (Å²) in [5.41, 5.74) is 7.34. The van der Waals surface area contributed by atoms with E-state index in [2.05, 4.69) is 5.32 Å². The van der Waals surface area contributed by atoms with Gasteiger partial charge in [0.05, 0.1) is 18.0 Å². The number of ether oxygens (including phenoxy) is 1. The molecule has 0 saturated heterocycles. The molecule has 0 spiro atoms. The Balaban J connectivity index is 1.81. The Morgan fingerprint density at radius 3 is 2.83 bits per heavy atom. The molecule has 1 heterocycles. The van der Waals surface area contributed by atoms with E-state index in [0.717, 1.165) is 5.39 Å². The first-order chi connectivity index (χ1) is 11.2. The molecule has 0 unspecified atom stereocenters. The molecule has 0 aliphatic carbocycles. The van der Waals surface area contributed by atoms with Gasteiger partial charge in [0.25, 0.3) is 5.91 Å². The van der Waals surface area contributed by atoms with Gasteiger partial charge in [-0.3, -0.25) is 4.79 Å². The van der Waals surface area contributed by atoms with Gasteiger partial charge < -0.3 is 25.3 Å². The number of rotatable bonds is 5. The highest BCUT2D eigenvalue weighted by Gasteiger charge is 2.14. The number of nitrogens with one attached hydrogen (secondary N) is 1. The summed E-state index contributed by atoms with van der Waals surface area (Å²) < 4.78 is 10.8. The van der Waals surface area contributed by atoms with Gasteiger partial charge in [0.2, 0.25) is 0 Å². The standard InChI is InChI=1S/C17H16N2O4/c18-13-6-5-12(22-8-7-20)10-14(13)19-17(21)16-9-11-3-1-2-4-15(11)23-16/h1-6,9-10,20H,7-8,18H2,(H,19,21). The predicted octanol–water partition coefficient (Wildman–Crippen LogP) is 2.64. The number of hydrogen-bond acceptors (Lipinski definition) is 5. The number of nitrogens with two attached hydrogens (primary N) is 1. The average molecular weight is 312 g/mol. The molecule has 2 aromatic carbocycles. The first kappa shape index (κ1) is 14.9. The summed E-state index contributed by atoms with van der Waals surface area (Å²) in [6.45, 7) is 0.0753. The SMILES string of the molecule is Nc1ccc(OCCO)cc1NC(=O)c1cc2ccccc2o1. The number of para-hydroxylation sites is 1.